The Balaban J connectivity index is 2.72. The first-order valence-corrected chi connectivity index (χ1v) is 5.52. The minimum Gasteiger partial charge on any atom is -0.395 e. The van der Waals surface area contributed by atoms with Crippen molar-refractivity contribution >= 4 is 5.91 Å². The summed E-state index contributed by atoms with van der Waals surface area (Å²) >= 11 is 0. The zero-order valence-electron chi connectivity index (χ0n) is 9.77. The van der Waals surface area contributed by atoms with E-state index in [1.165, 1.54) is 11.0 Å². The van der Waals surface area contributed by atoms with Crippen LogP contribution in [0.2, 0.25) is 0 Å². The summed E-state index contributed by atoms with van der Waals surface area (Å²) in [5.41, 5.74) is 0.0854. The van der Waals surface area contributed by atoms with E-state index in [-0.39, 0.29) is 38.3 Å². The molecule has 4 nitrogen and oxygen atoms in total. The van der Waals surface area contributed by atoms with E-state index in [1.54, 1.807) is 0 Å². The fourth-order valence-corrected chi connectivity index (χ4v) is 1.54. The predicted octanol–water partition coefficient (Wildman–Crippen LogP) is 0.321. The van der Waals surface area contributed by atoms with Crippen LogP contribution in [0.1, 0.15) is 5.56 Å². The van der Waals surface area contributed by atoms with Gasteiger partial charge in [-0.1, -0.05) is 6.07 Å². The third-order valence-corrected chi connectivity index (χ3v) is 2.45. The van der Waals surface area contributed by atoms with E-state index in [4.69, 9.17) is 10.2 Å². The molecule has 6 heteroatoms. The largest absolute Gasteiger partial charge is 0.395 e. The lowest BCUT2D eigenvalue weighted by atomic mass is 10.1. The average molecular weight is 259 g/mol. The Kier molecular flexibility index (Phi) is 5.67. The van der Waals surface area contributed by atoms with Crippen molar-refractivity contribution in [3.05, 3.63) is 35.4 Å². The maximum absolute atomic E-state index is 13.3. The summed E-state index contributed by atoms with van der Waals surface area (Å²) in [5, 5.41) is 17.5. The number of hydrogen-bond donors (Lipinski definition) is 2. The second-order valence-electron chi connectivity index (χ2n) is 3.74. The Labute approximate surface area is 103 Å². The maximum atomic E-state index is 13.3. The first-order valence-electron chi connectivity index (χ1n) is 5.52. The molecule has 1 aromatic carbocycles. The molecule has 2 N–H and O–H groups in total. The van der Waals surface area contributed by atoms with Gasteiger partial charge in [0.1, 0.15) is 11.6 Å². The van der Waals surface area contributed by atoms with Gasteiger partial charge in [0.25, 0.3) is 0 Å². The van der Waals surface area contributed by atoms with Gasteiger partial charge in [0.15, 0.2) is 0 Å². The summed E-state index contributed by atoms with van der Waals surface area (Å²) in [6, 6.07) is 3.00. The van der Waals surface area contributed by atoms with E-state index in [0.717, 1.165) is 6.07 Å². The number of carbonyl (C=O) groups is 1. The topological polar surface area (TPSA) is 60.8 Å². The molecule has 0 aliphatic carbocycles. The van der Waals surface area contributed by atoms with Crippen LogP contribution in [0.5, 0.6) is 0 Å². The van der Waals surface area contributed by atoms with E-state index >= 15 is 0 Å². The molecule has 0 radical (unpaired) electrons. The van der Waals surface area contributed by atoms with Crippen molar-refractivity contribution < 1.29 is 23.8 Å². The van der Waals surface area contributed by atoms with Crippen LogP contribution in [0.25, 0.3) is 0 Å². The summed E-state index contributed by atoms with van der Waals surface area (Å²) in [6.07, 6.45) is -0.230. The molecule has 0 aliphatic heterocycles. The van der Waals surface area contributed by atoms with Crippen molar-refractivity contribution in [2.24, 2.45) is 0 Å². The molecule has 0 saturated heterocycles. The molecule has 1 aromatic rings. The summed E-state index contributed by atoms with van der Waals surface area (Å²) in [6.45, 7) is -0.334. The number of aliphatic hydroxyl groups is 2. The lowest BCUT2D eigenvalue weighted by molar-refractivity contribution is -0.131. The first kappa shape index (κ1) is 14.5. The predicted molar refractivity (Wildman–Crippen MR) is 60.8 cm³/mol. The van der Waals surface area contributed by atoms with E-state index in [1.807, 2.05) is 0 Å². The number of halogens is 2. The van der Waals surface area contributed by atoms with Gasteiger partial charge in [0.2, 0.25) is 5.91 Å². The fourth-order valence-electron chi connectivity index (χ4n) is 1.54. The van der Waals surface area contributed by atoms with E-state index < -0.39 is 17.5 Å². The van der Waals surface area contributed by atoms with Crippen molar-refractivity contribution in [1.82, 2.24) is 4.90 Å². The van der Waals surface area contributed by atoms with Gasteiger partial charge in [-0.25, -0.2) is 8.78 Å². The normalized spacial score (nSPS) is 10.4. The first-order chi connectivity index (χ1) is 8.58. The van der Waals surface area contributed by atoms with E-state index in [0.29, 0.717) is 6.07 Å². The Hall–Kier alpha value is -1.53. The van der Waals surface area contributed by atoms with Gasteiger partial charge in [-0.05, 0) is 11.6 Å². The summed E-state index contributed by atoms with van der Waals surface area (Å²) < 4.78 is 26.0. The molecule has 0 aliphatic rings. The second-order valence-corrected chi connectivity index (χ2v) is 3.74. The highest BCUT2D eigenvalue weighted by molar-refractivity contribution is 5.78. The zero-order chi connectivity index (χ0) is 13.5. The van der Waals surface area contributed by atoms with Crippen LogP contribution in [0.4, 0.5) is 8.78 Å². The monoisotopic (exact) mass is 259 g/mol. The standard InChI is InChI=1S/C12H15F2NO3/c13-10-2-1-9(11(14)8-10)7-12(18)15(3-5-16)4-6-17/h1-2,8,16-17H,3-7H2. The molecule has 1 amide bonds. The van der Waals surface area contributed by atoms with Crippen molar-refractivity contribution in [3.8, 4) is 0 Å². The molecule has 0 spiro atoms. The van der Waals surface area contributed by atoms with Gasteiger partial charge in [0, 0.05) is 19.2 Å². The molecule has 0 saturated carbocycles. The Bertz CT molecular complexity index is 406. The van der Waals surface area contributed by atoms with E-state index in [9.17, 15) is 13.6 Å². The lowest BCUT2D eigenvalue weighted by Gasteiger charge is -2.20. The molecule has 18 heavy (non-hydrogen) atoms. The maximum Gasteiger partial charge on any atom is 0.227 e. The molecule has 0 heterocycles. The van der Waals surface area contributed by atoms with Gasteiger partial charge in [0.05, 0.1) is 19.6 Å². The van der Waals surface area contributed by atoms with Gasteiger partial charge in [-0.15, -0.1) is 0 Å². The Morgan fingerprint density at radius 2 is 1.78 bits per heavy atom. The molecular weight excluding hydrogens is 244 g/mol. The van der Waals surface area contributed by atoms with Gasteiger partial charge >= 0.3 is 0 Å². The Morgan fingerprint density at radius 1 is 1.17 bits per heavy atom. The summed E-state index contributed by atoms with van der Waals surface area (Å²) in [7, 11) is 0. The van der Waals surface area contributed by atoms with Gasteiger partial charge in [-0.3, -0.25) is 4.79 Å². The summed E-state index contributed by atoms with van der Waals surface area (Å²) in [4.78, 5) is 13.0. The minimum atomic E-state index is -0.781. The number of amides is 1. The number of hydrogen-bond acceptors (Lipinski definition) is 3. The molecule has 0 unspecified atom stereocenters. The molecule has 0 bridgehead atoms. The highest BCUT2D eigenvalue weighted by Gasteiger charge is 2.15. The van der Waals surface area contributed by atoms with Crippen molar-refractivity contribution in [2.45, 2.75) is 6.42 Å². The van der Waals surface area contributed by atoms with Crippen LogP contribution in [-0.4, -0.2) is 47.3 Å². The fraction of sp³-hybridized carbons (Fsp3) is 0.417. The van der Waals surface area contributed by atoms with Crippen molar-refractivity contribution in [1.29, 1.82) is 0 Å². The van der Waals surface area contributed by atoms with E-state index in [2.05, 4.69) is 0 Å². The summed E-state index contributed by atoms with van der Waals surface area (Å²) in [5.74, 6) is -1.91. The van der Waals surface area contributed by atoms with Gasteiger partial charge in [-0.2, -0.15) is 0 Å². The van der Waals surface area contributed by atoms with Crippen LogP contribution >= 0.6 is 0 Å². The van der Waals surface area contributed by atoms with Crippen LogP contribution in [0.3, 0.4) is 0 Å². The molecular formula is C12H15F2NO3. The number of rotatable bonds is 6. The molecule has 0 fully saturated rings. The zero-order valence-corrected chi connectivity index (χ0v) is 9.77. The van der Waals surface area contributed by atoms with Crippen LogP contribution in [-0.2, 0) is 11.2 Å². The minimum absolute atomic E-state index is 0.0716. The average Bonchev–Trinajstić information content (AvgIpc) is 2.32. The smallest absolute Gasteiger partial charge is 0.227 e. The molecule has 0 aromatic heterocycles. The third-order valence-electron chi connectivity index (χ3n) is 2.45. The Morgan fingerprint density at radius 3 is 2.28 bits per heavy atom. The number of benzene rings is 1. The van der Waals surface area contributed by atoms with Crippen LogP contribution in [0.15, 0.2) is 18.2 Å². The SMILES string of the molecule is O=C(Cc1ccc(F)cc1F)N(CCO)CCO. The quantitative estimate of drug-likeness (QED) is 0.773. The van der Waals surface area contributed by atoms with Crippen LogP contribution in [0, 0.1) is 11.6 Å². The highest BCUT2D eigenvalue weighted by Crippen LogP contribution is 2.11. The highest BCUT2D eigenvalue weighted by atomic mass is 19.1. The third kappa shape index (κ3) is 4.05. The molecule has 1 rings (SSSR count). The second kappa shape index (κ2) is 7.03. The van der Waals surface area contributed by atoms with Crippen molar-refractivity contribution in [3.63, 3.8) is 0 Å². The molecule has 0 atom stereocenters. The number of nitrogens with zero attached hydrogens (tertiary/aromatic N) is 1. The van der Waals surface area contributed by atoms with Gasteiger partial charge < -0.3 is 15.1 Å². The van der Waals surface area contributed by atoms with Crippen LogP contribution < -0.4 is 0 Å². The number of aliphatic hydroxyl groups excluding tert-OH is 2. The number of carbonyl (C=O) groups excluding carboxylic acids is 1. The van der Waals surface area contributed by atoms with Crippen molar-refractivity contribution in [2.75, 3.05) is 26.3 Å². The molecule has 100 valence electrons. The lowest BCUT2D eigenvalue weighted by Crippen LogP contribution is -2.37.